The van der Waals surface area contributed by atoms with Gasteiger partial charge in [-0.3, -0.25) is 9.59 Å². The number of benzene rings is 2. The normalized spacial score (nSPS) is 10.2. The zero-order valence-corrected chi connectivity index (χ0v) is 13.5. The highest BCUT2D eigenvalue weighted by atomic mass is 35.5. The van der Waals surface area contributed by atoms with E-state index in [1.54, 1.807) is 36.4 Å². The second-order valence-electron chi connectivity index (χ2n) is 4.64. The molecule has 0 radical (unpaired) electrons. The number of amides is 2. The minimum atomic E-state index is -0.456. The van der Waals surface area contributed by atoms with E-state index in [0.29, 0.717) is 27.0 Å². The summed E-state index contributed by atoms with van der Waals surface area (Å²) in [5.74, 6) is -0.362. The summed E-state index contributed by atoms with van der Waals surface area (Å²) in [6, 6.07) is 11.5. The van der Waals surface area contributed by atoms with Gasteiger partial charge in [0.2, 0.25) is 5.91 Å². The van der Waals surface area contributed by atoms with Gasteiger partial charge in [0.15, 0.2) is 0 Å². The molecular weight excluding hydrogens is 339 g/mol. The van der Waals surface area contributed by atoms with Crippen molar-refractivity contribution in [1.82, 2.24) is 0 Å². The van der Waals surface area contributed by atoms with Gasteiger partial charge in [-0.25, -0.2) is 0 Å². The molecule has 120 valence electrons. The van der Waals surface area contributed by atoms with Crippen molar-refractivity contribution in [2.45, 2.75) is 6.42 Å². The Morgan fingerprint density at radius 2 is 1.83 bits per heavy atom. The lowest BCUT2D eigenvalue weighted by atomic mass is 10.2. The molecule has 5 nitrogen and oxygen atoms in total. The van der Waals surface area contributed by atoms with Crippen LogP contribution in [0.15, 0.2) is 42.5 Å². The molecule has 0 aliphatic heterocycles. The Morgan fingerprint density at radius 3 is 2.52 bits per heavy atom. The first-order valence-electron chi connectivity index (χ1n) is 6.74. The fourth-order valence-electron chi connectivity index (χ4n) is 1.79. The lowest BCUT2D eigenvalue weighted by molar-refractivity contribution is -0.118. The summed E-state index contributed by atoms with van der Waals surface area (Å²) in [5.41, 5.74) is 5.91. The number of nitrogens with two attached hydrogens (primary N) is 1. The van der Waals surface area contributed by atoms with Gasteiger partial charge >= 0.3 is 0 Å². The van der Waals surface area contributed by atoms with Crippen LogP contribution >= 0.6 is 23.2 Å². The average molecular weight is 353 g/mol. The van der Waals surface area contributed by atoms with E-state index >= 15 is 0 Å². The predicted octanol–water partition coefficient (Wildman–Crippen LogP) is 3.50. The molecule has 0 heterocycles. The van der Waals surface area contributed by atoms with Gasteiger partial charge in [0.1, 0.15) is 5.75 Å². The third-order valence-electron chi connectivity index (χ3n) is 2.92. The molecule has 0 bridgehead atoms. The van der Waals surface area contributed by atoms with Crippen molar-refractivity contribution in [3.8, 4) is 5.75 Å². The lowest BCUT2D eigenvalue weighted by Gasteiger charge is -2.12. The van der Waals surface area contributed by atoms with E-state index in [0.717, 1.165) is 0 Å². The van der Waals surface area contributed by atoms with Crippen LogP contribution in [0.1, 0.15) is 16.8 Å². The SMILES string of the molecule is NC(=O)CCOc1ccccc1NC(=O)c1ccc(Cl)c(Cl)c1. The van der Waals surface area contributed by atoms with Crippen molar-refractivity contribution in [2.24, 2.45) is 5.73 Å². The van der Waals surface area contributed by atoms with Gasteiger partial charge in [-0.2, -0.15) is 0 Å². The Morgan fingerprint density at radius 1 is 1.09 bits per heavy atom. The fourth-order valence-corrected chi connectivity index (χ4v) is 2.09. The highest BCUT2D eigenvalue weighted by Crippen LogP contribution is 2.26. The number of ether oxygens (including phenoxy) is 1. The summed E-state index contributed by atoms with van der Waals surface area (Å²) >= 11 is 11.7. The summed E-state index contributed by atoms with van der Waals surface area (Å²) in [7, 11) is 0. The minimum absolute atomic E-state index is 0.0923. The number of nitrogens with one attached hydrogen (secondary N) is 1. The number of anilines is 1. The van der Waals surface area contributed by atoms with E-state index < -0.39 is 5.91 Å². The molecule has 0 unspecified atom stereocenters. The minimum Gasteiger partial charge on any atom is -0.491 e. The number of primary amides is 1. The molecule has 0 fully saturated rings. The van der Waals surface area contributed by atoms with E-state index in [4.69, 9.17) is 33.7 Å². The predicted molar refractivity (Wildman–Crippen MR) is 90.2 cm³/mol. The highest BCUT2D eigenvalue weighted by Gasteiger charge is 2.11. The quantitative estimate of drug-likeness (QED) is 0.834. The number of hydrogen-bond acceptors (Lipinski definition) is 3. The molecular formula is C16H14Cl2N2O3. The first kappa shape index (κ1) is 17.1. The van der Waals surface area contributed by atoms with Crippen molar-refractivity contribution in [3.05, 3.63) is 58.1 Å². The molecule has 0 aliphatic rings. The third kappa shape index (κ3) is 4.87. The Kier molecular flexibility index (Phi) is 5.84. The highest BCUT2D eigenvalue weighted by molar-refractivity contribution is 6.42. The van der Waals surface area contributed by atoms with Gasteiger partial charge in [-0.05, 0) is 30.3 Å². The number of rotatable bonds is 6. The molecule has 0 aliphatic carbocycles. The van der Waals surface area contributed by atoms with Gasteiger partial charge in [0, 0.05) is 5.56 Å². The third-order valence-corrected chi connectivity index (χ3v) is 3.66. The summed E-state index contributed by atoms with van der Waals surface area (Å²) in [6.45, 7) is 0.134. The van der Waals surface area contributed by atoms with Crippen molar-refractivity contribution in [2.75, 3.05) is 11.9 Å². The Bertz CT molecular complexity index is 735. The standard InChI is InChI=1S/C16H14Cl2N2O3/c17-11-6-5-10(9-12(11)18)16(22)20-13-3-1-2-4-14(13)23-8-7-15(19)21/h1-6,9H,7-8H2,(H2,19,21)(H,20,22). The maximum atomic E-state index is 12.3. The molecule has 0 saturated carbocycles. The first-order chi connectivity index (χ1) is 11.0. The van der Waals surface area contributed by atoms with Gasteiger partial charge < -0.3 is 15.8 Å². The van der Waals surface area contributed by atoms with E-state index in [2.05, 4.69) is 5.32 Å². The number of para-hydroxylation sites is 2. The second kappa shape index (κ2) is 7.85. The molecule has 0 spiro atoms. The molecule has 2 aromatic carbocycles. The van der Waals surface area contributed by atoms with Crippen molar-refractivity contribution in [3.63, 3.8) is 0 Å². The number of carbonyl (C=O) groups excluding carboxylic acids is 2. The van der Waals surface area contributed by atoms with E-state index in [9.17, 15) is 9.59 Å². The average Bonchev–Trinajstić information content (AvgIpc) is 2.51. The van der Waals surface area contributed by atoms with Crippen LogP contribution in [0.25, 0.3) is 0 Å². The zero-order valence-electron chi connectivity index (χ0n) is 12.0. The Labute approximate surface area is 143 Å². The van der Waals surface area contributed by atoms with Crippen LogP contribution in [-0.2, 0) is 4.79 Å². The topological polar surface area (TPSA) is 81.4 Å². The number of carbonyl (C=O) groups is 2. The van der Waals surface area contributed by atoms with Gasteiger partial charge in [0.25, 0.3) is 5.91 Å². The summed E-state index contributed by atoms with van der Waals surface area (Å²) < 4.78 is 5.46. The second-order valence-corrected chi connectivity index (χ2v) is 5.46. The zero-order chi connectivity index (χ0) is 16.8. The van der Waals surface area contributed by atoms with Gasteiger partial charge in [-0.1, -0.05) is 35.3 Å². The maximum absolute atomic E-state index is 12.3. The molecule has 23 heavy (non-hydrogen) atoms. The summed E-state index contributed by atoms with van der Waals surface area (Å²) in [4.78, 5) is 23.0. The summed E-state index contributed by atoms with van der Waals surface area (Å²) in [5, 5.41) is 3.40. The molecule has 0 saturated heterocycles. The van der Waals surface area contributed by atoms with Crippen LogP contribution in [-0.4, -0.2) is 18.4 Å². The van der Waals surface area contributed by atoms with Gasteiger partial charge in [-0.15, -0.1) is 0 Å². The molecule has 2 amide bonds. The van der Waals surface area contributed by atoms with E-state index in [-0.39, 0.29) is 18.9 Å². The lowest BCUT2D eigenvalue weighted by Crippen LogP contribution is -2.16. The first-order valence-corrected chi connectivity index (χ1v) is 7.49. The van der Waals surface area contributed by atoms with E-state index in [1.807, 2.05) is 0 Å². The molecule has 3 N–H and O–H groups in total. The fraction of sp³-hybridized carbons (Fsp3) is 0.125. The van der Waals surface area contributed by atoms with Crippen LogP contribution in [0.3, 0.4) is 0 Å². The smallest absolute Gasteiger partial charge is 0.255 e. The van der Waals surface area contributed by atoms with Crippen LogP contribution in [0, 0.1) is 0 Å². The molecule has 0 aromatic heterocycles. The summed E-state index contributed by atoms with van der Waals surface area (Å²) in [6.07, 6.45) is 0.0923. The number of halogens is 2. The van der Waals surface area contributed by atoms with Crippen molar-refractivity contribution in [1.29, 1.82) is 0 Å². The van der Waals surface area contributed by atoms with Crippen LogP contribution in [0.4, 0.5) is 5.69 Å². The molecule has 2 aromatic rings. The van der Waals surface area contributed by atoms with Crippen LogP contribution in [0.2, 0.25) is 10.0 Å². The Hall–Kier alpha value is -2.24. The molecule has 7 heteroatoms. The monoisotopic (exact) mass is 352 g/mol. The van der Waals surface area contributed by atoms with Crippen LogP contribution < -0.4 is 15.8 Å². The van der Waals surface area contributed by atoms with Crippen molar-refractivity contribution < 1.29 is 14.3 Å². The van der Waals surface area contributed by atoms with Crippen molar-refractivity contribution >= 4 is 40.7 Å². The number of hydrogen-bond donors (Lipinski definition) is 2. The molecule has 2 rings (SSSR count). The largest absolute Gasteiger partial charge is 0.491 e. The van der Waals surface area contributed by atoms with Gasteiger partial charge in [0.05, 0.1) is 28.8 Å². The maximum Gasteiger partial charge on any atom is 0.255 e. The van der Waals surface area contributed by atoms with E-state index in [1.165, 1.54) is 6.07 Å². The molecule has 0 atom stereocenters. The van der Waals surface area contributed by atoms with Crippen LogP contribution in [0.5, 0.6) is 5.75 Å². The Balaban J connectivity index is 2.11.